The van der Waals surface area contributed by atoms with Crippen LogP contribution in [0.2, 0.25) is 0 Å². The molecule has 1 fully saturated rings. The maximum absolute atomic E-state index is 12.0. The maximum Gasteiger partial charge on any atom is 0.242 e. The summed E-state index contributed by atoms with van der Waals surface area (Å²) in [6.45, 7) is 1.69. The third-order valence-electron chi connectivity index (χ3n) is 2.73. The predicted molar refractivity (Wildman–Crippen MR) is 61.6 cm³/mol. The van der Waals surface area contributed by atoms with Gasteiger partial charge >= 0.3 is 0 Å². The molecule has 1 saturated heterocycles. The van der Waals surface area contributed by atoms with Crippen molar-refractivity contribution >= 4 is 10.0 Å². The summed E-state index contributed by atoms with van der Waals surface area (Å²) in [5.74, 6) is 0. The van der Waals surface area contributed by atoms with Crippen molar-refractivity contribution < 1.29 is 8.42 Å². The molecule has 6 heteroatoms. The number of nitrogens with one attached hydrogen (secondary N) is 2. The molecule has 2 heterocycles. The normalized spacial score (nSPS) is 22.2. The molecule has 1 aliphatic heterocycles. The van der Waals surface area contributed by atoms with Gasteiger partial charge in [-0.3, -0.25) is 0 Å². The molecule has 1 aromatic heterocycles. The molecule has 1 aliphatic rings. The Labute approximate surface area is 95.9 Å². The average Bonchev–Trinajstić information content (AvgIpc) is 2.66. The summed E-state index contributed by atoms with van der Waals surface area (Å²) in [7, 11) is -1.54. The second kappa shape index (κ2) is 4.57. The molecule has 0 aliphatic carbocycles. The average molecular weight is 243 g/mol. The summed E-state index contributed by atoms with van der Waals surface area (Å²) in [6, 6.07) is 1.62. The highest BCUT2D eigenvalue weighted by atomic mass is 32.2. The first-order valence-corrected chi connectivity index (χ1v) is 6.91. The van der Waals surface area contributed by atoms with Crippen LogP contribution in [0.4, 0.5) is 0 Å². The van der Waals surface area contributed by atoms with Gasteiger partial charge in [-0.15, -0.1) is 0 Å². The Balaban J connectivity index is 2.07. The molecule has 2 N–H and O–H groups in total. The molecule has 2 rings (SSSR count). The van der Waals surface area contributed by atoms with Crippen molar-refractivity contribution in [1.82, 2.24) is 14.6 Å². The van der Waals surface area contributed by atoms with Gasteiger partial charge in [0.1, 0.15) is 0 Å². The summed E-state index contributed by atoms with van der Waals surface area (Å²) < 4.78 is 28.4. The molecule has 0 radical (unpaired) electrons. The van der Waals surface area contributed by atoms with E-state index >= 15 is 0 Å². The fraction of sp³-hybridized carbons (Fsp3) is 0.600. The Morgan fingerprint density at radius 2 is 2.38 bits per heavy atom. The standard InChI is InChI=1S/C10H17N3O2S/c1-13-6-4-10(8-13)16(14,15)12-9-3-2-5-11-7-9/h4,6,8-9,11-12H,2-3,5,7H2,1H3/t9-/m0/s1. The molecule has 5 nitrogen and oxygen atoms in total. The van der Waals surface area contributed by atoms with Crippen LogP contribution in [-0.4, -0.2) is 32.1 Å². The zero-order valence-electron chi connectivity index (χ0n) is 9.31. The number of rotatable bonds is 3. The summed E-state index contributed by atoms with van der Waals surface area (Å²) in [5.41, 5.74) is 0. The first kappa shape index (κ1) is 11.6. The molecular weight excluding hydrogens is 226 g/mol. The van der Waals surface area contributed by atoms with E-state index in [1.807, 2.05) is 0 Å². The summed E-state index contributed by atoms with van der Waals surface area (Å²) in [5, 5.41) is 3.18. The van der Waals surface area contributed by atoms with E-state index in [4.69, 9.17) is 0 Å². The quantitative estimate of drug-likeness (QED) is 0.789. The first-order valence-electron chi connectivity index (χ1n) is 5.43. The van der Waals surface area contributed by atoms with Crippen LogP contribution in [0.1, 0.15) is 12.8 Å². The Morgan fingerprint density at radius 3 is 2.94 bits per heavy atom. The zero-order valence-corrected chi connectivity index (χ0v) is 10.1. The van der Waals surface area contributed by atoms with Gasteiger partial charge in [-0.2, -0.15) is 0 Å². The predicted octanol–water partition coefficient (Wildman–Crippen LogP) is 0.0554. The lowest BCUT2D eigenvalue weighted by Gasteiger charge is -2.23. The zero-order chi connectivity index (χ0) is 11.6. The van der Waals surface area contributed by atoms with Crippen LogP contribution in [0.15, 0.2) is 23.4 Å². The molecule has 0 aromatic carbocycles. The van der Waals surface area contributed by atoms with E-state index in [2.05, 4.69) is 10.0 Å². The van der Waals surface area contributed by atoms with Crippen molar-refractivity contribution in [2.45, 2.75) is 23.8 Å². The summed E-state index contributed by atoms with van der Waals surface area (Å²) >= 11 is 0. The minimum absolute atomic E-state index is 0.0129. The monoisotopic (exact) mass is 243 g/mol. The largest absolute Gasteiger partial charge is 0.356 e. The van der Waals surface area contributed by atoms with E-state index in [1.165, 1.54) is 0 Å². The fourth-order valence-electron chi connectivity index (χ4n) is 1.88. The van der Waals surface area contributed by atoms with Crippen molar-refractivity contribution in [3.8, 4) is 0 Å². The van der Waals surface area contributed by atoms with Crippen molar-refractivity contribution in [3.63, 3.8) is 0 Å². The minimum Gasteiger partial charge on any atom is -0.356 e. The fourth-order valence-corrected chi connectivity index (χ4v) is 3.20. The van der Waals surface area contributed by atoms with Crippen molar-refractivity contribution in [3.05, 3.63) is 18.5 Å². The number of sulfonamides is 1. The SMILES string of the molecule is Cn1ccc(S(=O)(=O)N[C@H]2CCCNC2)c1. The van der Waals surface area contributed by atoms with Crippen LogP contribution < -0.4 is 10.0 Å². The molecule has 0 unspecified atom stereocenters. The Kier molecular flexibility index (Phi) is 3.32. The van der Waals surface area contributed by atoms with Crippen LogP contribution >= 0.6 is 0 Å². The van der Waals surface area contributed by atoms with Gasteiger partial charge in [0.25, 0.3) is 0 Å². The Morgan fingerprint density at radius 1 is 1.56 bits per heavy atom. The van der Waals surface area contributed by atoms with E-state index in [1.54, 1.807) is 30.1 Å². The first-order chi connectivity index (χ1) is 7.58. The highest BCUT2D eigenvalue weighted by molar-refractivity contribution is 7.89. The van der Waals surface area contributed by atoms with E-state index in [9.17, 15) is 8.42 Å². The van der Waals surface area contributed by atoms with Gasteiger partial charge in [0.15, 0.2) is 0 Å². The molecule has 1 atom stereocenters. The van der Waals surface area contributed by atoms with Gasteiger partial charge in [0, 0.05) is 32.0 Å². The molecular formula is C10H17N3O2S. The Bertz CT molecular complexity index is 446. The number of nitrogens with zero attached hydrogens (tertiary/aromatic N) is 1. The summed E-state index contributed by atoms with van der Waals surface area (Å²) in [4.78, 5) is 0.334. The van der Waals surface area contributed by atoms with Crippen LogP contribution in [-0.2, 0) is 17.1 Å². The van der Waals surface area contributed by atoms with E-state index < -0.39 is 10.0 Å². The van der Waals surface area contributed by atoms with Crippen LogP contribution in [0.5, 0.6) is 0 Å². The minimum atomic E-state index is -3.35. The number of hydrogen-bond acceptors (Lipinski definition) is 3. The van der Waals surface area contributed by atoms with Gasteiger partial charge in [-0.05, 0) is 25.5 Å². The highest BCUT2D eigenvalue weighted by Gasteiger charge is 2.21. The second-order valence-corrected chi connectivity index (χ2v) is 5.89. The topological polar surface area (TPSA) is 63.1 Å². The van der Waals surface area contributed by atoms with Crippen molar-refractivity contribution in [2.24, 2.45) is 7.05 Å². The molecule has 0 spiro atoms. The molecule has 0 amide bonds. The van der Waals surface area contributed by atoms with Crippen LogP contribution in [0.3, 0.4) is 0 Å². The second-order valence-electron chi connectivity index (χ2n) is 4.18. The van der Waals surface area contributed by atoms with Crippen LogP contribution in [0, 0.1) is 0 Å². The number of aryl methyl sites for hydroxylation is 1. The van der Waals surface area contributed by atoms with Gasteiger partial charge in [0.2, 0.25) is 10.0 Å². The lowest BCUT2D eigenvalue weighted by molar-refractivity contribution is 0.428. The highest BCUT2D eigenvalue weighted by Crippen LogP contribution is 2.11. The van der Waals surface area contributed by atoms with E-state index in [0.29, 0.717) is 11.4 Å². The summed E-state index contributed by atoms with van der Waals surface area (Å²) in [6.07, 6.45) is 5.26. The molecule has 0 saturated carbocycles. The number of hydrogen-bond donors (Lipinski definition) is 2. The van der Waals surface area contributed by atoms with Gasteiger partial charge < -0.3 is 9.88 Å². The molecule has 1 aromatic rings. The number of piperidine rings is 1. The molecule has 16 heavy (non-hydrogen) atoms. The van der Waals surface area contributed by atoms with Crippen molar-refractivity contribution in [1.29, 1.82) is 0 Å². The van der Waals surface area contributed by atoms with E-state index in [0.717, 1.165) is 19.4 Å². The third-order valence-corrected chi connectivity index (χ3v) is 4.24. The molecule has 0 bridgehead atoms. The van der Waals surface area contributed by atoms with Gasteiger partial charge in [-0.1, -0.05) is 0 Å². The van der Waals surface area contributed by atoms with Crippen molar-refractivity contribution in [2.75, 3.05) is 13.1 Å². The molecule has 90 valence electrons. The number of aromatic nitrogens is 1. The maximum atomic E-state index is 12.0. The third kappa shape index (κ3) is 2.63. The smallest absolute Gasteiger partial charge is 0.242 e. The van der Waals surface area contributed by atoms with Gasteiger partial charge in [-0.25, -0.2) is 13.1 Å². The van der Waals surface area contributed by atoms with E-state index in [-0.39, 0.29) is 6.04 Å². The van der Waals surface area contributed by atoms with Gasteiger partial charge in [0.05, 0.1) is 4.90 Å². The lowest BCUT2D eigenvalue weighted by atomic mass is 10.1. The Hall–Kier alpha value is -0.850. The lowest BCUT2D eigenvalue weighted by Crippen LogP contribution is -2.45. The van der Waals surface area contributed by atoms with Crippen LogP contribution in [0.25, 0.3) is 0 Å².